The van der Waals surface area contributed by atoms with Crippen molar-refractivity contribution in [3.8, 4) is 0 Å². The second kappa shape index (κ2) is 7.70. The summed E-state index contributed by atoms with van der Waals surface area (Å²) in [5.74, 6) is -0.711. The van der Waals surface area contributed by atoms with Gasteiger partial charge in [0.1, 0.15) is 5.82 Å². The second-order valence-corrected chi connectivity index (χ2v) is 6.45. The molecule has 25 heavy (non-hydrogen) atoms. The summed E-state index contributed by atoms with van der Waals surface area (Å²) in [5, 5.41) is 0. The fourth-order valence-corrected chi connectivity index (χ4v) is 3.21. The molecule has 1 saturated heterocycles. The number of halogens is 1. The molecule has 0 aliphatic carbocycles. The normalized spacial score (nSPS) is 15.0. The van der Waals surface area contributed by atoms with Gasteiger partial charge in [-0.25, -0.2) is 4.39 Å². The summed E-state index contributed by atoms with van der Waals surface area (Å²) in [7, 11) is 0. The zero-order valence-corrected chi connectivity index (χ0v) is 14.6. The van der Waals surface area contributed by atoms with Crippen molar-refractivity contribution in [2.45, 2.75) is 11.3 Å². The van der Waals surface area contributed by atoms with Gasteiger partial charge in [0, 0.05) is 36.6 Å². The molecule has 2 aromatic rings. The first-order chi connectivity index (χ1) is 12.1. The van der Waals surface area contributed by atoms with Crippen LogP contribution in [0.4, 0.5) is 4.39 Å². The predicted molar refractivity (Wildman–Crippen MR) is 96.5 cm³/mol. The second-order valence-electron chi connectivity index (χ2n) is 5.97. The number of benzene rings is 2. The summed E-state index contributed by atoms with van der Waals surface area (Å²) >= 11 is 4.34. The van der Waals surface area contributed by atoms with Gasteiger partial charge in [-0.1, -0.05) is 18.2 Å². The molecule has 0 aromatic heterocycles. The average Bonchev–Trinajstić information content (AvgIpc) is 2.87. The Hall–Kier alpha value is -2.34. The molecule has 6 heteroatoms. The van der Waals surface area contributed by atoms with Crippen molar-refractivity contribution in [1.82, 2.24) is 9.80 Å². The number of hydrogen-bond donors (Lipinski definition) is 1. The summed E-state index contributed by atoms with van der Waals surface area (Å²) in [6.07, 6.45) is 0.682. The summed E-state index contributed by atoms with van der Waals surface area (Å²) in [4.78, 5) is 29.3. The van der Waals surface area contributed by atoms with Crippen molar-refractivity contribution in [1.29, 1.82) is 0 Å². The fourth-order valence-electron chi connectivity index (χ4n) is 2.95. The minimum atomic E-state index is -0.428. The van der Waals surface area contributed by atoms with Crippen LogP contribution in [-0.2, 0) is 0 Å². The van der Waals surface area contributed by atoms with Gasteiger partial charge in [-0.3, -0.25) is 9.59 Å². The lowest BCUT2D eigenvalue weighted by molar-refractivity contribution is 0.0717. The zero-order valence-electron chi connectivity index (χ0n) is 13.7. The van der Waals surface area contributed by atoms with Gasteiger partial charge in [0.25, 0.3) is 11.8 Å². The van der Waals surface area contributed by atoms with E-state index in [-0.39, 0.29) is 11.8 Å². The Balaban J connectivity index is 1.69. The van der Waals surface area contributed by atoms with Crippen molar-refractivity contribution in [2.24, 2.45) is 0 Å². The van der Waals surface area contributed by atoms with Crippen LogP contribution in [0.5, 0.6) is 0 Å². The van der Waals surface area contributed by atoms with Crippen molar-refractivity contribution in [3.63, 3.8) is 0 Å². The average molecular weight is 358 g/mol. The number of amides is 2. The highest BCUT2D eigenvalue weighted by molar-refractivity contribution is 7.80. The summed E-state index contributed by atoms with van der Waals surface area (Å²) < 4.78 is 13.3. The van der Waals surface area contributed by atoms with Crippen LogP contribution in [0.1, 0.15) is 27.1 Å². The monoisotopic (exact) mass is 358 g/mol. The smallest absolute Gasteiger partial charge is 0.255 e. The van der Waals surface area contributed by atoms with Crippen molar-refractivity contribution >= 4 is 24.4 Å². The maximum Gasteiger partial charge on any atom is 0.255 e. The highest BCUT2D eigenvalue weighted by Gasteiger charge is 2.24. The van der Waals surface area contributed by atoms with Crippen LogP contribution >= 0.6 is 12.6 Å². The lowest BCUT2D eigenvalue weighted by Crippen LogP contribution is -2.37. The largest absolute Gasteiger partial charge is 0.337 e. The number of carbonyl (C=O) groups excluding carboxylic acids is 2. The van der Waals surface area contributed by atoms with Crippen LogP contribution in [0.2, 0.25) is 0 Å². The van der Waals surface area contributed by atoms with E-state index in [1.165, 1.54) is 18.2 Å². The molecule has 0 N–H and O–H groups in total. The van der Waals surface area contributed by atoms with E-state index in [1.54, 1.807) is 28.0 Å². The molecule has 0 unspecified atom stereocenters. The standard InChI is InChI=1S/C19H19FN2O2S/c20-15-6-3-5-14(13-15)18(23)21-9-4-10-22(12-11-21)19(24)16-7-1-2-8-17(16)25/h1-3,5-8,13,25H,4,9-12H2. The number of hydrogen-bond acceptors (Lipinski definition) is 3. The van der Waals surface area contributed by atoms with E-state index in [9.17, 15) is 14.0 Å². The lowest BCUT2D eigenvalue weighted by atomic mass is 10.2. The van der Waals surface area contributed by atoms with Crippen LogP contribution in [0, 0.1) is 5.82 Å². The Kier molecular flexibility index (Phi) is 5.38. The Bertz CT molecular complexity index is 796. The molecular formula is C19H19FN2O2S. The minimum absolute atomic E-state index is 0.0781. The SMILES string of the molecule is O=C(c1cccc(F)c1)N1CCCN(C(=O)c2ccccc2S)CC1. The third-order valence-corrected chi connectivity index (χ3v) is 4.67. The molecule has 0 bridgehead atoms. The van der Waals surface area contributed by atoms with E-state index in [4.69, 9.17) is 0 Å². The molecule has 0 spiro atoms. The van der Waals surface area contributed by atoms with Gasteiger partial charge in [-0.15, -0.1) is 12.6 Å². The maximum atomic E-state index is 13.3. The Labute approximate surface area is 151 Å². The molecular weight excluding hydrogens is 339 g/mol. The Morgan fingerprint density at radius 2 is 1.56 bits per heavy atom. The first kappa shape index (κ1) is 17.5. The highest BCUT2D eigenvalue weighted by atomic mass is 32.1. The van der Waals surface area contributed by atoms with Crippen LogP contribution in [0.15, 0.2) is 53.4 Å². The number of carbonyl (C=O) groups is 2. The van der Waals surface area contributed by atoms with Crippen molar-refractivity contribution < 1.29 is 14.0 Å². The van der Waals surface area contributed by atoms with Crippen LogP contribution in [0.25, 0.3) is 0 Å². The van der Waals surface area contributed by atoms with Gasteiger partial charge >= 0.3 is 0 Å². The van der Waals surface area contributed by atoms with Crippen molar-refractivity contribution in [2.75, 3.05) is 26.2 Å². The van der Waals surface area contributed by atoms with Crippen molar-refractivity contribution in [3.05, 3.63) is 65.5 Å². The number of thiol groups is 1. The van der Waals surface area contributed by atoms with Gasteiger partial charge in [0.2, 0.25) is 0 Å². The van der Waals surface area contributed by atoms with E-state index in [1.807, 2.05) is 12.1 Å². The quantitative estimate of drug-likeness (QED) is 0.838. The van der Waals surface area contributed by atoms with Gasteiger partial charge in [-0.2, -0.15) is 0 Å². The van der Waals surface area contributed by atoms with Crippen LogP contribution in [-0.4, -0.2) is 47.8 Å². The molecule has 2 aromatic carbocycles. The van der Waals surface area contributed by atoms with Crippen LogP contribution in [0.3, 0.4) is 0 Å². The molecule has 1 aliphatic rings. The summed E-state index contributed by atoms with van der Waals surface area (Å²) in [6.45, 7) is 1.99. The molecule has 3 rings (SSSR count). The first-order valence-electron chi connectivity index (χ1n) is 8.18. The van der Waals surface area contributed by atoms with E-state index < -0.39 is 5.82 Å². The molecule has 2 amide bonds. The molecule has 0 atom stereocenters. The highest BCUT2D eigenvalue weighted by Crippen LogP contribution is 2.17. The zero-order chi connectivity index (χ0) is 17.8. The summed E-state index contributed by atoms with van der Waals surface area (Å²) in [5.41, 5.74) is 0.899. The molecule has 1 fully saturated rings. The van der Waals surface area contributed by atoms with E-state index >= 15 is 0 Å². The number of nitrogens with zero attached hydrogens (tertiary/aromatic N) is 2. The van der Waals surface area contributed by atoms with Gasteiger partial charge in [-0.05, 0) is 36.8 Å². The molecule has 4 nitrogen and oxygen atoms in total. The molecule has 1 aliphatic heterocycles. The van der Waals surface area contributed by atoms with Gasteiger partial charge in [0.15, 0.2) is 0 Å². The number of rotatable bonds is 2. The first-order valence-corrected chi connectivity index (χ1v) is 8.63. The lowest BCUT2D eigenvalue weighted by Gasteiger charge is -2.22. The molecule has 1 heterocycles. The van der Waals surface area contributed by atoms with Gasteiger partial charge in [0.05, 0.1) is 5.56 Å². The van der Waals surface area contributed by atoms with E-state index in [0.717, 1.165) is 0 Å². The van der Waals surface area contributed by atoms with E-state index in [0.29, 0.717) is 48.6 Å². The third-order valence-electron chi connectivity index (χ3n) is 4.28. The van der Waals surface area contributed by atoms with Crippen LogP contribution < -0.4 is 0 Å². The maximum absolute atomic E-state index is 13.3. The fraction of sp³-hybridized carbons (Fsp3) is 0.263. The molecule has 130 valence electrons. The van der Waals surface area contributed by atoms with Gasteiger partial charge < -0.3 is 9.80 Å². The Morgan fingerprint density at radius 1 is 0.880 bits per heavy atom. The van der Waals surface area contributed by atoms with E-state index in [2.05, 4.69) is 12.6 Å². The molecule has 0 radical (unpaired) electrons. The Morgan fingerprint density at radius 3 is 2.24 bits per heavy atom. The molecule has 0 saturated carbocycles. The minimum Gasteiger partial charge on any atom is -0.337 e. The topological polar surface area (TPSA) is 40.6 Å². The summed E-state index contributed by atoms with van der Waals surface area (Å²) in [6, 6.07) is 12.9. The third kappa shape index (κ3) is 4.02. The predicted octanol–water partition coefficient (Wildman–Crippen LogP) is 3.10.